The van der Waals surface area contributed by atoms with E-state index in [0.29, 0.717) is 11.8 Å². The predicted molar refractivity (Wildman–Crippen MR) is 122 cm³/mol. The Labute approximate surface area is 186 Å². The molecule has 5 rings (SSSR count). The lowest BCUT2D eigenvalue weighted by molar-refractivity contribution is -0.119. The third kappa shape index (κ3) is 4.51. The normalized spacial score (nSPS) is 16.5. The van der Waals surface area contributed by atoms with E-state index in [0.717, 1.165) is 35.8 Å². The lowest BCUT2D eigenvalue weighted by atomic mass is 9.89. The average molecular weight is 434 g/mol. The molecule has 2 heterocycles. The van der Waals surface area contributed by atoms with E-state index in [1.165, 1.54) is 47.7 Å². The first-order valence-corrected chi connectivity index (χ1v) is 12.1. The standard InChI is InChI=1S/C24H27N5OS/c1-16(18-9-8-17-5-2-3-6-19(17)13-18)26-22(30)15-31-24-28-27-23(29(24)21-10-11-21)20-7-4-12-25-14-20/h4,7-9,12-14,16,21H,2-3,5-6,10-11,15H2,1H3,(H,26,30)/t16-/m1/s1. The molecule has 0 bridgehead atoms. The largest absolute Gasteiger partial charge is 0.349 e. The maximum Gasteiger partial charge on any atom is 0.230 e. The van der Waals surface area contributed by atoms with Crippen molar-refractivity contribution in [2.45, 2.75) is 62.7 Å². The van der Waals surface area contributed by atoms with Crippen molar-refractivity contribution in [1.82, 2.24) is 25.1 Å². The third-order valence-electron chi connectivity index (χ3n) is 6.08. The zero-order valence-electron chi connectivity index (χ0n) is 17.8. The van der Waals surface area contributed by atoms with Crippen LogP contribution in [-0.4, -0.2) is 31.4 Å². The van der Waals surface area contributed by atoms with Crippen LogP contribution in [-0.2, 0) is 17.6 Å². The van der Waals surface area contributed by atoms with Gasteiger partial charge in [0.15, 0.2) is 11.0 Å². The molecule has 7 heteroatoms. The number of aryl methyl sites for hydroxylation is 2. The zero-order chi connectivity index (χ0) is 21.2. The molecule has 6 nitrogen and oxygen atoms in total. The van der Waals surface area contributed by atoms with Crippen molar-refractivity contribution in [2.24, 2.45) is 0 Å². The molecular weight excluding hydrogens is 406 g/mol. The molecule has 0 spiro atoms. The second-order valence-corrected chi connectivity index (χ2v) is 9.40. The fourth-order valence-electron chi connectivity index (χ4n) is 4.25. The fourth-order valence-corrected chi connectivity index (χ4v) is 5.07. The number of carbonyl (C=O) groups excluding carboxylic acids is 1. The summed E-state index contributed by atoms with van der Waals surface area (Å²) in [5.74, 6) is 1.18. The molecule has 3 aromatic rings. The first kappa shape index (κ1) is 20.2. The molecular formula is C24H27N5OS. The van der Waals surface area contributed by atoms with Gasteiger partial charge in [-0.2, -0.15) is 0 Å². The topological polar surface area (TPSA) is 72.7 Å². The Morgan fingerprint density at radius 2 is 2.03 bits per heavy atom. The minimum absolute atomic E-state index is 0.00687. The molecule has 1 N–H and O–H groups in total. The quantitative estimate of drug-likeness (QED) is 0.555. The Bertz CT molecular complexity index is 1080. The number of thioether (sulfide) groups is 1. The van der Waals surface area contributed by atoms with Crippen molar-refractivity contribution in [3.8, 4) is 11.4 Å². The van der Waals surface area contributed by atoms with Gasteiger partial charge in [-0.3, -0.25) is 14.3 Å². The number of aromatic nitrogens is 4. The summed E-state index contributed by atoms with van der Waals surface area (Å²) in [5, 5.41) is 12.7. The van der Waals surface area contributed by atoms with Gasteiger partial charge in [-0.1, -0.05) is 30.0 Å². The van der Waals surface area contributed by atoms with Gasteiger partial charge in [0.1, 0.15) is 0 Å². The molecule has 0 radical (unpaired) electrons. The van der Waals surface area contributed by atoms with E-state index in [-0.39, 0.29) is 11.9 Å². The van der Waals surface area contributed by atoms with Crippen LogP contribution in [0.4, 0.5) is 0 Å². The summed E-state index contributed by atoms with van der Waals surface area (Å²) in [6.07, 6.45) is 10.7. The van der Waals surface area contributed by atoms with Crippen molar-refractivity contribution in [1.29, 1.82) is 0 Å². The molecule has 1 fully saturated rings. The molecule has 160 valence electrons. The van der Waals surface area contributed by atoms with E-state index in [1.54, 1.807) is 6.20 Å². The van der Waals surface area contributed by atoms with Gasteiger partial charge in [-0.05, 0) is 74.3 Å². The van der Waals surface area contributed by atoms with Gasteiger partial charge in [-0.25, -0.2) is 0 Å². The summed E-state index contributed by atoms with van der Waals surface area (Å²) in [5.41, 5.74) is 5.05. The molecule has 1 saturated carbocycles. The Hall–Kier alpha value is -2.67. The van der Waals surface area contributed by atoms with Crippen LogP contribution < -0.4 is 5.32 Å². The molecule has 0 unspecified atom stereocenters. The van der Waals surface area contributed by atoms with Crippen LogP contribution in [0.25, 0.3) is 11.4 Å². The first-order chi connectivity index (χ1) is 15.2. The lowest BCUT2D eigenvalue weighted by Crippen LogP contribution is -2.28. The second-order valence-electron chi connectivity index (χ2n) is 8.46. The molecule has 0 aliphatic heterocycles. The van der Waals surface area contributed by atoms with Gasteiger partial charge in [0.2, 0.25) is 5.91 Å². The number of nitrogens with one attached hydrogen (secondary N) is 1. The van der Waals surface area contributed by atoms with E-state index >= 15 is 0 Å². The predicted octanol–water partition coefficient (Wildman–Crippen LogP) is 4.52. The van der Waals surface area contributed by atoms with Gasteiger partial charge in [0.05, 0.1) is 11.8 Å². The average Bonchev–Trinajstić information content (AvgIpc) is 3.56. The molecule has 1 aromatic carbocycles. The maximum atomic E-state index is 12.7. The minimum Gasteiger partial charge on any atom is -0.349 e. The van der Waals surface area contributed by atoms with E-state index in [2.05, 4.69) is 50.2 Å². The summed E-state index contributed by atoms with van der Waals surface area (Å²) in [6, 6.07) is 11.0. The summed E-state index contributed by atoms with van der Waals surface area (Å²) < 4.78 is 2.17. The van der Waals surface area contributed by atoms with Crippen molar-refractivity contribution in [3.05, 3.63) is 59.4 Å². The van der Waals surface area contributed by atoms with Crippen molar-refractivity contribution < 1.29 is 4.79 Å². The smallest absolute Gasteiger partial charge is 0.230 e. The maximum absolute atomic E-state index is 12.7. The molecule has 31 heavy (non-hydrogen) atoms. The van der Waals surface area contributed by atoms with Crippen LogP contribution in [0.3, 0.4) is 0 Å². The SMILES string of the molecule is C[C@@H](NC(=O)CSc1nnc(-c2cccnc2)n1C1CC1)c1ccc2c(c1)CCCC2. The zero-order valence-corrected chi connectivity index (χ0v) is 18.6. The molecule has 1 atom stereocenters. The van der Waals surface area contributed by atoms with Gasteiger partial charge in [0.25, 0.3) is 0 Å². The summed E-state index contributed by atoms with van der Waals surface area (Å²) in [6.45, 7) is 2.06. The molecule has 1 amide bonds. The van der Waals surface area contributed by atoms with Gasteiger partial charge in [0, 0.05) is 24.0 Å². The summed E-state index contributed by atoms with van der Waals surface area (Å²) in [7, 11) is 0. The number of benzene rings is 1. The van der Waals surface area contributed by atoms with Gasteiger partial charge >= 0.3 is 0 Å². The molecule has 2 aliphatic carbocycles. The molecule has 0 saturated heterocycles. The fraction of sp³-hybridized carbons (Fsp3) is 0.417. The van der Waals surface area contributed by atoms with Crippen molar-refractivity contribution in [2.75, 3.05) is 5.75 Å². The number of hydrogen-bond donors (Lipinski definition) is 1. The lowest BCUT2D eigenvalue weighted by Gasteiger charge is -2.20. The second kappa shape index (κ2) is 8.83. The number of carbonyl (C=O) groups is 1. The van der Waals surface area contributed by atoms with Crippen LogP contribution in [0.1, 0.15) is 61.4 Å². The van der Waals surface area contributed by atoms with Crippen LogP contribution in [0.15, 0.2) is 47.9 Å². The van der Waals surface area contributed by atoms with Crippen molar-refractivity contribution >= 4 is 17.7 Å². The highest BCUT2D eigenvalue weighted by Gasteiger charge is 2.30. The van der Waals surface area contributed by atoms with Crippen LogP contribution in [0.2, 0.25) is 0 Å². The summed E-state index contributed by atoms with van der Waals surface area (Å²) >= 11 is 1.46. The molecule has 2 aromatic heterocycles. The third-order valence-corrected chi connectivity index (χ3v) is 7.02. The highest BCUT2D eigenvalue weighted by atomic mass is 32.2. The van der Waals surface area contributed by atoms with Gasteiger partial charge < -0.3 is 5.32 Å². The number of nitrogens with zero attached hydrogens (tertiary/aromatic N) is 4. The first-order valence-electron chi connectivity index (χ1n) is 11.1. The number of fused-ring (bicyclic) bond motifs is 1. The van der Waals surface area contributed by atoms with E-state index in [4.69, 9.17) is 0 Å². The molecule has 2 aliphatic rings. The Kier molecular flexibility index (Phi) is 5.76. The monoisotopic (exact) mass is 433 g/mol. The highest BCUT2D eigenvalue weighted by Crippen LogP contribution is 2.40. The number of pyridine rings is 1. The van der Waals surface area contributed by atoms with E-state index < -0.39 is 0 Å². The van der Waals surface area contributed by atoms with Crippen LogP contribution in [0, 0.1) is 0 Å². The number of amides is 1. The minimum atomic E-state index is -0.00687. The van der Waals surface area contributed by atoms with Crippen LogP contribution in [0.5, 0.6) is 0 Å². The summed E-state index contributed by atoms with van der Waals surface area (Å²) in [4.78, 5) is 16.9. The Morgan fingerprint density at radius 3 is 2.81 bits per heavy atom. The Balaban J connectivity index is 1.23. The number of hydrogen-bond acceptors (Lipinski definition) is 5. The highest BCUT2D eigenvalue weighted by molar-refractivity contribution is 7.99. The van der Waals surface area contributed by atoms with Crippen LogP contribution >= 0.6 is 11.8 Å². The van der Waals surface area contributed by atoms with E-state index in [1.807, 2.05) is 18.3 Å². The van der Waals surface area contributed by atoms with Gasteiger partial charge in [-0.15, -0.1) is 10.2 Å². The van der Waals surface area contributed by atoms with E-state index in [9.17, 15) is 4.79 Å². The Morgan fingerprint density at radius 1 is 1.19 bits per heavy atom. The van der Waals surface area contributed by atoms with Crippen molar-refractivity contribution in [3.63, 3.8) is 0 Å². The number of rotatable bonds is 7.